The summed E-state index contributed by atoms with van der Waals surface area (Å²) in [5.74, 6) is -0.965. The average molecular weight is 349 g/mol. The number of aromatic carboxylic acids is 1. The van der Waals surface area contributed by atoms with Gasteiger partial charge in [0.25, 0.3) is 5.91 Å². The molecule has 126 valence electrons. The highest BCUT2D eigenvalue weighted by Crippen LogP contribution is 2.26. The number of nitrogens with zero attached hydrogens (tertiary/aromatic N) is 2. The van der Waals surface area contributed by atoms with E-state index in [1.807, 2.05) is 0 Å². The van der Waals surface area contributed by atoms with Crippen molar-refractivity contribution in [2.45, 2.75) is 12.5 Å². The van der Waals surface area contributed by atoms with Crippen molar-refractivity contribution in [3.05, 3.63) is 47.7 Å². The van der Waals surface area contributed by atoms with E-state index in [0.717, 1.165) is 0 Å². The second kappa shape index (κ2) is 6.08. The number of hydrogen-bond donors (Lipinski definition) is 2. The van der Waals surface area contributed by atoms with Gasteiger partial charge in [0, 0.05) is 11.6 Å². The van der Waals surface area contributed by atoms with Crippen molar-refractivity contribution in [1.29, 1.82) is 0 Å². The molecule has 1 aromatic heterocycles. The molecule has 0 aliphatic carbocycles. The van der Waals surface area contributed by atoms with Crippen molar-refractivity contribution in [3.8, 4) is 0 Å². The van der Waals surface area contributed by atoms with Gasteiger partial charge >= 0.3 is 5.97 Å². The van der Waals surface area contributed by atoms with Gasteiger partial charge in [-0.05, 0) is 30.7 Å². The van der Waals surface area contributed by atoms with E-state index in [1.165, 1.54) is 35.1 Å². The molecule has 8 nitrogen and oxygen atoms in total. The van der Waals surface area contributed by atoms with E-state index < -0.39 is 21.7 Å². The second-order valence-electron chi connectivity index (χ2n) is 5.55. The number of carboxylic acids is 1. The van der Waals surface area contributed by atoms with Gasteiger partial charge in [-0.2, -0.15) is 5.10 Å². The molecule has 1 fully saturated rings. The van der Waals surface area contributed by atoms with E-state index in [9.17, 15) is 18.0 Å². The fourth-order valence-corrected chi connectivity index (χ4v) is 4.32. The topological polar surface area (TPSA) is 118 Å². The number of aromatic nitrogens is 2. The van der Waals surface area contributed by atoms with Gasteiger partial charge in [0.2, 0.25) is 0 Å². The molecule has 0 saturated carbocycles. The van der Waals surface area contributed by atoms with E-state index in [-0.39, 0.29) is 23.1 Å². The molecule has 1 aromatic carbocycles. The van der Waals surface area contributed by atoms with Crippen LogP contribution in [0.2, 0.25) is 0 Å². The highest BCUT2D eigenvalue weighted by molar-refractivity contribution is 7.91. The second-order valence-corrected chi connectivity index (χ2v) is 7.78. The molecule has 1 saturated heterocycles. The number of sulfone groups is 1. The Labute approximate surface area is 138 Å². The zero-order chi connectivity index (χ0) is 17.3. The standard InChI is InChI=1S/C15H15N3O5S/c19-14(10-1-3-11(4-2-10)15(20)21)17-13-5-7-16-18(13)12-6-8-24(22,23)9-12/h1-5,7,12H,6,8-9H2,(H,17,19)(H,20,21). The summed E-state index contributed by atoms with van der Waals surface area (Å²) in [5, 5.41) is 15.6. The van der Waals surface area contributed by atoms with Gasteiger partial charge in [-0.3, -0.25) is 4.79 Å². The lowest BCUT2D eigenvalue weighted by molar-refractivity contribution is 0.0696. The number of hydrogen-bond acceptors (Lipinski definition) is 5. The normalized spacial score (nSPS) is 19.1. The number of amides is 1. The monoisotopic (exact) mass is 349 g/mol. The van der Waals surface area contributed by atoms with Crippen LogP contribution < -0.4 is 5.32 Å². The van der Waals surface area contributed by atoms with Crippen LogP contribution >= 0.6 is 0 Å². The molecule has 1 aliphatic rings. The molecule has 3 rings (SSSR count). The van der Waals surface area contributed by atoms with Crippen molar-refractivity contribution < 1.29 is 23.1 Å². The lowest BCUT2D eigenvalue weighted by Crippen LogP contribution is -2.19. The lowest BCUT2D eigenvalue weighted by Gasteiger charge is -2.13. The molecule has 1 aliphatic heterocycles. The number of benzene rings is 1. The van der Waals surface area contributed by atoms with Gasteiger partial charge in [-0.1, -0.05) is 0 Å². The quantitative estimate of drug-likeness (QED) is 0.856. The molecule has 1 amide bonds. The minimum atomic E-state index is -3.06. The number of anilines is 1. The van der Waals surface area contributed by atoms with Crippen LogP contribution in [0, 0.1) is 0 Å². The number of carboxylic acid groups (broad SMARTS) is 1. The van der Waals surface area contributed by atoms with Crippen LogP contribution in [0.3, 0.4) is 0 Å². The van der Waals surface area contributed by atoms with Crippen molar-refractivity contribution in [1.82, 2.24) is 9.78 Å². The van der Waals surface area contributed by atoms with Crippen molar-refractivity contribution in [3.63, 3.8) is 0 Å². The number of carbonyl (C=O) groups is 2. The molecule has 9 heteroatoms. The predicted octanol–water partition coefficient (Wildman–Crippen LogP) is 1.19. The molecule has 0 spiro atoms. The summed E-state index contributed by atoms with van der Waals surface area (Å²) < 4.78 is 24.7. The van der Waals surface area contributed by atoms with Gasteiger partial charge in [0.15, 0.2) is 9.84 Å². The first-order valence-corrected chi connectivity index (χ1v) is 9.06. The maximum Gasteiger partial charge on any atom is 0.335 e. The molecule has 24 heavy (non-hydrogen) atoms. The van der Waals surface area contributed by atoms with E-state index in [1.54, 1.807) is 6.07 Å². The van der Waals surface area contributed by atoms with Gasteiger partial charge in [-0.15, -0.1) is 0 Å². The molecular formula is C15H15N3O5S. The van der Waals surface area contributed by atoms with E-state index in [2.05, 4.69) is 10.4 Å². The van der Waals surface area contributed by atoms with Crippen LogP contribution in [0.5, 0.6) is 0 Å². The smallest absolute Gasteiger partial charge is 0.335 e. The van der Waals surface area contributed by atoms with Crippen LogP contribution in [-0.2, 0) is 9.84 Å². The molecule has 2 heterocycles. The molecule has 2 N–H and O–H groups in total. The van der Waals surface area contributed by atoms with Crippen LogP contribution in [0.15, 0.2) is 36.5 Å². The van der Waals surface area contributed by atoms with E-state index in [4.69, 9.17) is 5.11 Å². The largest absolute Gasteiger partial charge is 0.478 e. The third-order valence-electron chi connectivity index (χ3n) is 3.86. The van der Waals surface area contributed by atoms with Crippen LogP contribution in [0.25, 0.3) is 0 Å². The molecular weight excluding hydrogens is 334 g/mol. The Kier molecular flexibility index (Phi) is 4.10. The fraction of sp³-hybridized carbons (Fsp3) is 0.267. The number of carbonyl (C=O) groups excluding carboxylic acids is 1. The summed E-state index contributed by atoms with van der Waals surface area (Å²) in [6.45, 7) is 0. The Bertz CT molecular complexity index is 886. The summed E-state index contributed by atoms with van der Waals surface area (Å²) in [6.07, 6.45) is 1.95. The molecule has 0 radical (unpaired) electrons. The minimum Gasteiger partial charge on any atom is -0.478 e. The van der Waals surface area contributed by atoms with Gasteiger partial charge in [-0.25, -0.2) is 17.9 Å². The highest BCUT2D eigenvalue weighted by atomic mass is 32.2. The Balaban J connectivity index is 1.76. The molecule has 2 aromatic rings. The molecule has 1 unspecified atom stereocenters. The zero-order valence-corrected chi connectivity index (χ0v) is 13.4. The third kappa shape index (κ3) is 3.30. The summed E-state index contributed by atoms with van der Waals surface area (Å²) >= 11 is 0. The summed E-state index contributed by atoms with van der Waals surface area (Å²) in [5.41, 5.74) is 0.388. The van der Waals surface area contributed by atoms with Crippen molar-refractivity contribution >= 4 is 27.5 Å². The third-order valence-corrected chi connectivity index (χ3v) is 5.61. The zero-order valence-electron chi connectivity index (χ0n) is 12.5. The van der Waals surface area contributed by atoms with Crippen molar-refractivity contribution in [2.75, 3.05) is 16.8 Å². The Morgan fingerprint density at radius 1 is 1.17 bits per heavy atom. The maximum absolute atomic E-state index is 12.3. The maximum atomic E-state index is 12.3. The van der Waals surface area contributed by atoms with Crippen LogP contribution in [0.4, 0.5) is 5.82 Å². The molecule has 0 bridgehead atoms. The molecule has 1 atom stereocenters. The highest BCUT2D eigenvalue weighted by Gasteiger charge is 2.31. The Hall–Kier alpha value is -2.68. The van der Waals surface area contributed by atoms with E-state index >= 15 is 0 Å². The SMILES string of the molecule is O=C(O)c1ccc(C(=O)Nc2ccnn2C2CCS(=O)(=O)C2)cc1. The Morgan fingerprint density at radius 3 is 2.42 bits per heavy atom. The first-order chi connectivity index (χ1) is 11.4. The summed E-state index contributed by atoms with van der Waals surface area (Å²) in [7, 11) is -3.06. The van der Waals surface area contributed by atoms with Crippen LogP contribution in [-0.4, -0.2) is 46.7 Å². The summed E-state index contributed by atoms with van der Waals surface area (Å²) in [6, 6.07) is 6.82. The van der Waals surface area contributed by atoms with Crippen LogP contribution in [0.1, 0.15) is 33.2 Å². The summed E-state index contributed by atoms with van der Waals surface area (Å²) in [4.78, 5) is 23.1. The Morgan fingerprint density at radius 2 is 1.83 bits per heavy atom. The number of nitrogens with one attached hydrogen (secondary N) is 1. The lowest BCUT2D eigenvalue weighted by atomic mass is 10.1. The fourth-order valence-electron chi connectivity index (χ4n) is 2.63. The first-order valence-electron chi connectivity index (χ1n) is 7.24. The van der Waals surface area contributed by atoms with Gasteiger partial charge < -0.3 is 10.4 Å². The van der Waals surface area contributed by atoms with Gasteiger partial charge in [0.1, 0.15) is 5.82 Å². The van der Waals surface area contributed by atoms with E-state index in [0.29, 0.717) is 17.8 Å². The first kappa shape index (κ1) is 16.2. The van der Waals surface area contributed by atoms with Crippen molar-refractivity contribution in [2.24, 2.45) is 0 Å². The average Bonchev–Trinajstić information content (AvgIpc) is 3.13. The number of rotatable bonds is 4. The predicted molar refractivity (Wildman–Crippen MR) is 85.9 cm³/mol. The minimum absolute atomic E-state index is 0.00482. The van der Waals surface area contributed by atoms with Gasteiger partial charge in [0.05, 0.1) is 29.3 Å².